The van der Waals surface area contributed by atoms with Crippen molar-refractivity contribution in [3.05, 3.63) is 132 Å². The Bertz CT molecular complexity index is 1760. The van der Waals surface area contributed by atoms with Crippen molar-refractivity contribution in [2.45, 2.75) is 11.2 Å². The molecular weight excluding hydrogens is 560 g/mol. The van der Waals surface area contributed by atoms with Crippen molar-refractivity contribution < 1.29 is 33.3 Å². The number of fused-ring (bicyclic) bond motifs is 1. The molecule has 0 saturated carbocycles. The summed E-state index contributed by atoms with van der Waals surface area (Å²) in [5.41, 5.74) is 3.12. The predicted molar refractivity (Wildman–Crippen MR) is 161 cm³/mol. The molecule has 10 heteroatoms. The molecule has 0 unspecified atom stereocenters. The average Bonchev–Trinajstić information content (AvgIpc) is 3.57. The molecule has 1 N–H and O–H groups in total. The molecule has 0 amide bonds. The maximum atomic E-state index is 14.1. The van der Waals surface area contributed by atoms with Crippen molar-refractivity contribution in [1.82, 2.24) is 5.43 Å². The lowest BCUT2D eigenvalue weighted by Gasteiger charge is -2.40. The molecule has 2 heterocycles. The molecule has 2 aliphatic heterocycles. The highest BCUT2D eigenvalue weighted by Crippen LogP contribution is 2.62. The van der Waals surface area contributed by atoms with E-state index in [0.29, 0.717) is 34.0 Å². The van der Waals surface area contributed by atoms with Gasteiger partial charge in [-0.25, -0.2) is 9.59 Å². The van der Waals surface area contributed by atoms with Crippen LogP contribution in [0.5, 0.6) is 11.5 Å². The number of nitrogens with one attached hydrogen (secondary N) is 1. The number of carbonyl (C=O) groups is 2. The molecule has 4 aromatic carbocycles. The van der Waals surface area contributed by atoms with E-state index in [1.54, 1.807) is 36.1 Å². The van der Waals surface area contributed by atoms with Gasteiger partial charge in [0.15, 0.2) is 0 Å². The zero-order chi connectivity index (χ0) is 30.9. The van der Waals surface area contributed by atoms with Crippen LogP contribution in [0, 0.1) is 0 Å². The number of hydrazine groups is 1. The van der Waals surface area contributed by atoms with Gasteiger partial charge in [0.05, 0.1) is 28.4 Å². The third kappa shape index (κ3) is 4.10. The highest BCUT2D eigenvalue weighted by molar-refractivity contribution is 6.07. The van der Waals surface area contributed by atoms with Gasteiger partial charge in [-0.15, -0.1) is 5.43 Å². The van der Waals surface area contributed by atoms with Crippen LogP contribution in [0.2, 0.25) is 0 Å². The summed E-state index contributed by atoms with van der Waals surface area (Å²) in [5.74, 6) is -0.211. The van der Waals surface area contributed by atoms with Crippen molar-refractivity contribution in [3.8, 4) is 11.5 Å². The lowest BCUT2D eigenvalue weighted by molar-refractivity contribution is -0.567. The molecule has 0 aliphatic carbocycles. The molecule has 0 saturated heterocycles. The highest BCUT2D eigenvalue weighted by atomic mass is 16.5. The van der Waals surface area contributed by atoms with Crippen molar-refractivity contribution >= 4 is 23.3 Å². The smallest absolute Gasteiger partial charge is 0.355 e. The fraction of sp³-hybridized carbons (Fsp3) is 0.176. The van der Waals surface area contributed by atoms with Gasteiger partial charge in [-0.05, 0) is 42.0 Å². The lowest BCUT2D eigenvalue weighted by atomic mass is 9.72. The number of benzene rings is 4. The Morgan fingerprint density at radius 1 is 0.682 bits per heavy atom. The van der Waals surface area contributed by atoms with Crippen LogP contribution in [0.3, 0.4) is 0 Å². The van der Waals surface area contributed by atoms with E-state index in [0.717, 1.165) is 0 Å². The first-order valence-electron chi connectivity index (χ1n) is 13.9. The van der Waals surface area contributed by atoms with Gasteiger partial charge in [0, 0.05) is 33.3 Å². The molecule has 0 spiro atoms. The minimum atomic E-state index is -1.53. The van der Waals surface area contributed by atoms with E-state index >= 15 is 0 Å². The number of ether oxygens (including phenoxy) is 4. The average molecular weight is 592 g/mol. The highest BCUT2D eigenvalue weighted by Gasteiger charge is 2.77. The number of hydrogen-bond acceptors (Lipinski definition) is 9. The second kappa shape index (κ2) is 11.2. The Morgan fingerprint density at radius 2 is 1.20 bits per heavy atom. The molecule has 0 bridgehead atoms. The van der Waals surface area contributed by atoms with Crippen molar-refractivity contribution in [1.29, 1.82) is 0 Å². The maximum absolute atomic E-state index is 14.1. The summed E-state index contributed by atoms with van der Waals surface area (Å²) in [6.45, 7) is 0. The van der Waals surface area contributed by atoms with E-state index in [9.17, 15) is 9.59 Å². The van der Waals surface area contributed by atoms with Crippen LogP contribution in [0.15, 0.2) is 126 Å². The quantitative estimate of drug-likeness (QED) is 0.221. The van der Waals surface area contributed by atoms with Gasteiger partial charge in [-0.3, -0.25) is 4.90 Å². The van der Waals surface area contributed by atoms with Crippen LogP contribution in [0.25, 0.3) is 0 Å². The second-order valence-electron chi connectivity index (χ2n) is 10.1. The predicted octanol–water partition coefficient (Wildman–Crippen LogP) is 5.19. The molecule has 0 fully saturated rings. The van der Waals surface area contributed by atoms with E-state index in [2.05, 4.69) is 5.43 Å². The second-order valence-corrected chi connectivity index (χ2v) is 10.1. The number of hydrogen-bond donors (Lipinski definition) is 1. The molecule has 222 valence electrons. The first kappa shape index (κ1) is 28.5. The Morgan fingerprint density at radius 3 is 1.73 bits per heavy atom. The summed E-state index contributed by atoms with van der Waals surface area (Å²) >= 11 is 0. The van der Waals surface area contributed by atoms with Crippen LogP contribution in [0.1, 0.15) is 11.1 Å². The number of azo groups is 1. The Balaban J connectivity index is 1.82. The Kier molecular flexibility index (Phi) is 7.26. The largest absolute Gasteiger partial charge is 0.497 e. The third-order valence-corrected chi connectivity index (χ3v) is 8.00. The number of carbonyl (C=O) groups excluding carboxylic acids is 2. The minimum Gasteiger partial charge on any atom is -0.497 e. The SMILES string of the molecule is COC(=O)C1=C(C(=O)OC)[C@]2(c3ccc(OC)cc3)N[N+](c3ccccc3)=N[C@]2(c2ccc(OC)cc2)N1c1ccccc1. The number of rotatable bonds is 8. The van der Waals surface area contributed by atoms with Gasteiger partial charge >= 0.3 is 11.9 Å². The molecule has 6 rings (SSSR count). The minimum absolute atomic E-state index is 0.0128. The maximum Gasteiger partial charge on any atom is 0.355 e. The number of nitrogens with zero attached hydrogens (tertiary/aromatic N) is 3. The van der Waals surface area contributed by atoms with Crippen molar-refractivity contribution in [2.24, 2.45) is 5.11 Å². The number of esters is 2. The Labute approximate surface area is 254 Å². The van der Waals surface area contributed by atoms with Gasteiger partial charge in [0.2, 0.25) is 5.54 Å². The van der Waals surface area contributed by atoms with Gasteiger partial charge in [0.25, 0.3) is 11.4 Å². The third-order valence-electron chi connectivity index (χ3n) is 8.00. The fourth-order valence-electron chi connectivity index (χ4n) is 6.08. The van der Waals surface area contributed by atoms with Gasteiger partial charge < -0.3 is 18.9 Å². The van der Waals surface area contributed by atoms with E-state index in [1.807, 2.05) is 97.1 Å². The van der Waals surface area contributed by atoms with E-state index < -0.39 is 23.1 Å². The van der Waals surface area contributed by atoms with Crippen molar-refractivity contribution in [2.75, 3.05) is 33.3 Å². The van der Waals surface area contributed by atoms with E-state index in [1.165, 1.54) is 14.2 Å². The molecule has 10 nitrogen and oxygen atoms in total. The van der Waals surface area contributed by atoms with Crippen LogP contribution >= 0.6 is 0 Å². The van der Waals surface area contributed by atoms with Gasteiger partial charge in [0.1, 0.15) is 22.8 Å². The molecule has 44 heavy (non-hydrogen) atoms. The summed E-state index contributed by atoms with van der Waals surface area (Å²) in [4.78, 5) is 31.4. The van der Waals surface area contributed by atoms with E-state index in [4.69, 9.17) is 24.1 Å². The topological polar surface area (TPSA) is 102 Å². The number of methoxy groups -OCH3 is 4. The van der Waals surface area contributed by atoms with Crippen LogP contribution in [-0.2, 0) is 30.3 Å². The molecule has 2 aliphatic rings. The monoisotopic (exact) mass is 591 g/mol. The van der Waals surface area contributed by atoms with Crippen LogP contribution < -0.4 is 19.8 Å². The van der Waals surface area contributed by atoms with Gasteiger partial charge in [-0.1, -0.05) is 60.7 Å². The Hall–Kier alpha value is -5.64. The molecule has 0 radical (unpaired) electrons. The normalized spacial score (nSPS) is 20.4. The molecule has 0 aromatic heterocycles. The summed E-state index contributed by atoms with van der Waals surface area (Å²) in [5, 5.41) is 5.38. The number of para-hydroxylation sites is 2. The zero-order valence-electron chi connectivity index (χ0n) is 24.7. The van der Waals surface area contributed by atoms with Crippen molar-refractivity contribution in [3.63, 3.8) is 0 Å². The zero-order valence-corrected chi connectivity index (χ0v) is 24.7. The molecule has 4 aromatic rings. The van der Waals surface area contributed by atoms with E-state index in [-0.39, 0.29) is 11.3 Å². The van der Waals surface area contributed by atoms with Crippen LogP contribution in [0.4, 0.5) is 11.4 Å². The number of anilines is 1. The molecular formula is C34H31N4O6+. The summed E-state index contributed by atoms with van der Waals surface area (Å²) in [6, 6.07) is 33.5. The molecule has 2 atom stereocenters. The lowest BCUT2D eigenvalue weighted by Crippen LogP contribution is -2.58. The standard InChI is InChI=1S/C34H31N4O6/c1-41-27-19-15-23(16-20-27)33-29(31(39)43-3)30(32(40)44-4)37(25-11-7-5-8-12-25)34(33,24-17-21-28(42-2)22-18-24)36-38(35-33)26-13-9-6-10-14-26/h5-22H,1-4H3,(H,35,36)/q+1/t33-,34+/m0/s1. The van der Waals surface area contributed by atoms with Gasteiger partial charge in [-0.2, -0.15) is 0 Å². The summed E-state index contributed by atoms with van der Waals surface area (Å²) in [7, 11) is 5.73. The summed E-state index contributed by atoms with van der Waals surface area (Å²) in [6.07, 6.45) is 0. The van der Waals surface area contributed by atoms with Crippen LogP contribution in [-0.4, -0.2) is 45.2 Å². The first-order valence-corrected chi connectivity index (χ1v) is 13.9. The fourth-order valence-corrected chi connectivity index (χ4v) is 6.08. The first-order chi connectivity index (χ1) is 21.4. The summed E-state index contributed by atoms with van der Waals surface area (Å²) < 4.78 is 21.7.